The summed E-state index contributed by atoms with van der Waals surface area (Å²) in [4.78, 5) is 28.8. The molecule has 0 aromatic carbocycles. The zero-order valence-corrected chi connectivity index (χ0v) is 14.8. The maximum absolute atomic E-state index is 12.6. The number of piperidine rings is 1. The molecule has 2 unspecified atom stereocenters. The van der Waals surface area contributed by atoms with Gasteiger partial charge in [-0.3, -0.25) is 9.59 Å². The number of hydrogen-bond donors (Lipinski definition) is 1. The van der Waals surface area contributed by atoms with E-state index >= 15 is 0 Å². The van der Waals surface area contributed by atoms with Crippen LogP contribution in [0.4, 0.5) is 0 Å². The van der Waals surface area contributed by atoms with Gasteiger partial charge in [0.05, 0.1) is 5.92 Å². The summed E-state index contributed by atoms with van der Waals surface area (Å²) in [5.74, 6) is 0.796. The highest BCUT2D eigenvalue weighted by molar-refractivity contribution is 5.85. The Morgan fingerprint density at radius 1 is 1.09 bits per heavy atom. The van der Waals surface area contributed by atoms with Crippen molar-refractivity contribution >= 4 is 24.2 Å². The van der Waals surface area contributed by atoms with Gasteiger partial charge in [-0.1, -0.05) is 20.8 Å². The summed E-state index contributed by atoms with van der Waals surface area (Å²) < 4.78 is 0. The molecule has 0 saturated carbocycles. The maximum atomic E-state index is 12.6. The molecule has 2 heterocycles. The van der Waals surface area contributed by atoms with E-state index in [1.165, 1.54) is 0 Å². The molecule has 128 valence electrons. The van der Waals surface area contributed by atoms with E-state index < -0.39 is 0 Å². The number of likely N-dealkylation sites (tertiary alicyclic amines) is 2. The average Bonchev–Trinajstić information content (AvgIpc) is 2.93. The Balaban J connectivity index is 0.00000242. The van der Waals surface area contributed by atoms with Gasteiger partial charge in [0.2, 0.25) is 11.8 Å². The van der Waals surface area contributed by atoms with Gasteiger partial charge in [-0.2, -0.15) is 0 Å². The minimum atomic E-state index is -0.372. The first-order valence-corrected chi connectivity index (χ1v) is 8.11. The summed E-state index contributed by atoms with van der Waals surface area (Å²) >= 11 is 0. The van der Waals surface area contributed by atoms with Crippen molar-refractivity contribution in [1.82, 2.24) is 9.80 Å². The Kier molecular flexibility index (Phi) is 6.68. The van der Waals surface area contributed by atoms with Gasteiger partial charge in [-0.05, 0) is 31.7 Å². The van der Waals surface area contributed by atoms with Crippen LogP contribution in [0.5, 0.6) is 0 Å². The van der Waals surface area contributed by atoms with E-state index in [9.17, 15) is 9.59 Å². The van der Waals surface area contributed by atoms with E-state index in [1.54, 1.807) is 0 Å². The average molecular weight is 332 g/mol. The van der Waals surface area contributed by atoms with Crippen LogP contribution in [0.2, 0.25) is 0 Å². The third kappa shape index (κ3) is 4.35. The Morgan fingerprint density at radius 2 is 1.77 bits per heavy atom. The first kappa shape index (κ1) is 19.2. The largest absolute Gasteiger partial charge is 0.342 e. The molecule has 5 nitrogen and oxygen atoms in total. The first-order valence-electron chi connectivity index (χ1n) is 8.11. The monoisotopic (exact) mass is 331 g/mol. The van der Waals surface area contributed by atoms with Gasteiger partial charge in [0.1, 0.15) is 0 Å². The number of halogens is 1. The van der Waals surface area contributed by atoms with Crippen LogP contribution in [0.25, 0.3) is 0 Å². The lowest BCUT2D eigenvalue weighted by Gasteiger charge is -2.37. The van der Waals surface area contributed by atoms with Crippen molar-refractivity contribution in [3.05, 3.63) is 0 Å². The van der Waals surface area contributed by atoms with Crippen LogP contribution in [0, 0.1) is 17.3 Å². The molecule has 0 aromatic heterocycles. The fourth-order valence-electron chi connectivity index (χ4n) is 3.32. The second kappa shape index (κ2) is 7.64. The zero-order valence-electron chi connectivity index (χ0n) is 14.0. The number of nitrogens with two attached hydrogens (primary N) is 1. The molecule has 0 spiro atoms. The Bertz CT molecular complexity index is 409. The quantitative estimate of drug-likeness (QED) is 0.834. The van der Waals surface area contributed by atoms with Gasteiger partial charge in [-0.25, -0.2) is 0 Å². The van der Waals surface area contributed by atoms with Crippen molar-refractivity contribution in [1.29, 1.82) is 0 Å². The molecule has 6 heteroatoms. The summed E-state index contributed by atoms with van der Waals surface area (Å²) in [5.41, 5.74) is 5.32. The van der Waals surface area contributed by atoms with Crippen LogP contribution in [-0.4, -0.2) is 54.3 Å². The van der Waals surface area contributed by atoms with Crippen LogP contribution >= 0.6 is 12.4 Å². The van der Waals surface area contributed by atoms with E-state index in [-0.39, 0.29) is 35.6 Å². The van der Waals surface area contributed by atoms with E-state index in [0.717, 1.165) is 38.9 Å². The third-order valence-electron chi connectivity index (χ3n) is 4.63. The second-order valence-electron chi connectivity index (χ2n) is 7.51. The molecule has 2 rings (SSSR count). The van der Waals surface area contributed by atoms with Crippen LogP contribution in [0.3, 0.4) is 0 Å². The number of amides is 2. The normalized spacial score (nSPS) is 25.8. The Labute approximate surface area is 140 Å². The Hall–Kier alpha value is -0.810. The molecule has 2 atom stereocenters. The number of nitrogens with zero attached hydrogens (tertiary/aromatic N) is 2. The SMILES string of the molecule is CC(C)(C)C(=O)N1CCCC(C(=O)N2CCC(CN)C2)C1.Cl. The first-order chi connectivity index (χ1) is 9.82. The molecule has 0 aliphatic carbocycles. The number of hydrogen-bond acceptors (Lipinski definition) is 3. The fraction of sp³-hybridized carbons (Fsp3) is 0.875. The van der Waals surface area contributed by atoms with E-state index in [4.69, 9.17) is 5.73 Å². The van der Waals surface area contributed by atoms with Crippen molar-refractivity contribution < 1.29 is 9.59 Å². The minimum Gasteiger partial charge on any atom is -0.342 e. The second-order valence-corrected chi connectivity index (χ2v) is 7.51. The topological polar surface area (TPSA) is 66.6 Å². The van der Waals surface area contributed by atoms with Crippen molar-refractivity contribution in [3.8, 4) is 0 Å². The van der Waals surface area contributed by atoms with Crippen LogP contribution in [0.1, 0.15) is 40.0 Å². The van der Waals surface area contributed by atoms with Gasteiger partial charge in [0, 0.05) is 31.6 Å². The summed E-state index contributed by atoms with van der Waals surface area (Å²) in [7, 11) is 0. The van der Waals surface area contributed by atoms with E-state index in [1.807, 2.05) is 30.6 Å². The summed E-state index contributed by atoms with van der Waals surface area (Å²) in [5, 5.41) is 0. The Morgan fingerprint density at radius 3 is 2.32 bits per heavy atom. The van der Waals surface area contributed by atoms with E-state index in [0.29, 0.717) is 19.0 Å². The molecule has 2 aliphatic rings. The molecular formula is C16H30ClN3O2. The molecular weight excluding hydrogens is 302 g/mol. The predicted octanol–water partition coefficient (Wildman–Crippen LogP) is 1.50. The summed E-state index contributed by atoms with van der Waals surface area (Å²) in [6.07, 6.45) is 2.84. The number of rotatable bonds is 2. The van der Waals surface area contributed by atoms with Crippen LogP contribution in [0.15, 0.2) is 0 Å². The molecule has 2 fully saturated rings. The molecule has 2 amide bonds. The van der Waals surface area contributed by atoms with Crippen LogP contribution in [-0.2, 0) is 9.59 Å². The maximum Gasteiger partial charge on any atom is 0.227 e. The highest BCUT2D eigenvalue weighted by atomic mass is 35.5. The van der Waals surface area contributed by atoms with Gasteiger partial charge in [0.25, 0.3) is 0 Å². The fourth-order valence-corrected chi connectivity index (χ4v) is 3.32. The zero-order chi connectivity index (χ0) is 15.6. The van der Waals surface area contributed by atoms with Crippen molar-refractivity contribution in [2.45, 2.75) is 40.0 Å². The van der Waals surface area contributed by atoms with E-state index in [2.05, 4.69) is 0 Å². The minimum absolute atomic E-state index is 0. The highest BCUT2D eigenvalue weighted by Gasteiger charge is 2.36. The van der Waals surface area contributed by atoms with Gasteiger partial charge in [-0.15, -0.1) is 12.4 Å². The summed E-state index contributed by atoms with van der Waals surface area (Å²) in [6, 6.07) is 0. The smallest absolute Gasteiger partial charge is 0.227 e. The predicted molar refractivity (Wildman–Crippen MR) is 89.7 cm³/mol. The molecule has 2 aliphatic heterocycles. The van der Waals surface area contributed by atoms with Gasteiger partial charge >= 0.3 is 0 Å². The number of carbonyl (C=O) groups excluding carboxylic acids is 2. The van der Waals surface area contributed by atoms with Gasteiger partial charge in [0.15, 0.2) is 0 Å². The number of carbonyl (C=O) groups is 2. The standard InChI is InChI=1S/C16H29N3O2.ClH/c1-16(2,3)15(21)19-7-4-5-13(11-19)14(20)18-8-6-12(9-17)10-18;/h12-13H,4-11,17H2,1-3H3;1H. The molecule has 22 heavy (non-hydrogen) atoms. The van der Waals surface area contributed by atoms with Gasteiger partial charge < -0.3 is 15.5 Å². The van der Waals surface area contributed by atoms with Crippen molar-refractivity contribution in [2.24, 2.45) is 23.0 Å². The highest BCUT2D eigenvalue weighted by Crippen LogP contribution is 2.26. The molecule has 0 bridgehead atoms. The molecule has 2 saturated heterocycles. The third-order valence-corrected chi connectivity index (χ3v) is 4.63. The van der Waals surface area contributed by atoms with Crippen LogP contribution < -0.4 is 5.73 Å². The van der Waals surface area contributed by atoms with Crippen molar-refractivity contribution in [3.63, 3.8) is 0 Å². The molecule has 0 radical (unpaired) electrons. The lowest BCUT2D eigenvalue weighted by atomic mass is 9.90. The molecule has 0 aromatic rings. The lowest BCUT2D eigenvalue weighted by Crippen LogP contribution is -2.49. The van der Waals surface area contributed by atoms with Crippen molar-refractivity contribution in [2.75, 3.05) is 32.7 Å². The molecule has 2 N–H and O–H groups in total. The lowest BCUT2D eigenvalue weighted by molar-refractivity contribution is -0.145. The summed E-state index contributed by atoms with van der Waals surface area (Å²) in [6.45, 7) is 9.45.